The van der Waals surface area contributed by atoms with Gasteiger partial charge in [0, 0.05) is 26.1 Å². The molecule has 2 heterocycles. The van der Waals surface area contributed by atoms with Crippen LogP contribution in [0.3, 0.4) is 0 Å². The Labute approximate surface area is 151 Å². The van der Waals surface area contributed by atoms with Crippen molar-refractivity contribution in [2.45, 2.75) is 45.1 Å². The minimum Gasteiger partial charge on any atom is -0.497 e. The second kappa shape index (κ2) is 6.99. The van der Waals surface area contributed by atoms with Gasteiger partial charge < -0.3 is 14.5 Å². The predicted molar refractivity (Wildman–Crippen MR) is 98.5 cm³/mol. The van der Waals surface area contributed by atoms with Gasteiger partial charge >= 0.3 is 0 Å². The van der Waals surface area contributed by atoms with E-state index >= 15 is 0 Å². The van der Waals surface area contributed by atoms with Crippen molar-refractivity contribution in [2.24, 2.45) is 11.3 Å². The third kappa shape index (κ3) is 3.69. The van der Waals surface area contributed by atoms with Gasteiger partial charge in [-0.25, -0.2) is 0 Å². The Kier molecular flexibility index (Phi) is 4.72. The number of amides is 1. The van der Waals surface area contributed by atoms with E-state index in [9.17, 15) is 4.79 Å². The maximum absolute atomic E-state index is 12.6. The number of benzene rings is 1. The molecule has 1 spiro atoms. The molecule has 3 fully saturated rings. The average Bonchev–Trinajstić information content (AvgIpc) is 2.88. The first-order valence-corrected chi connectivity index (χ1v) is 9.79. The van der Waals surface area contributed by atoms with Gasteiger partial charge in [0.15, 0.2) is 0 Å². The molecule has 1 aromatic rings. The molecule has 4 rings (SSSR count). The monoisotopic (exact) mass is 342 g/mol. The SMILES string of the molecule is COc1cccc(CN2CC3(CCN(CC4CCC4)CC3)CC2=O)c1. The summed E-state index contributed by atoms with van der Waals surface area (Å²) in [5.41, 5.74) is 1.39. The van der Waals surface area contributed by atoms with E-state index < -0.39 is 0 Å². The fraction of sp³-hybridized carbons (Fsp3) is 0.667. The standard InChI is InChI=1S/C21H30N2O2/c1-25-19-7-3-6-18(12-19)15-23-16-21(13-20(23)24)8-10-22(11-9-21)14-17-4-2-5-17/h3,6-7,12,17H,2,4-5,8-11,13-16H2,1H3. The number of rotatable bonds is 5. The molecule has 3 aliphatic rings. The van der Waals surface area contributed by atoms with Gasteiger partial charge in [-0.3, -0.25) is 4.79 Å². The minimum absolute atomic E-state index is 0.228. The predicted octanol–water partition coefficient (Wildman–Crippen LogP) is 3.31. The zero-order chi connectivity index (χ0) is 17.3. The van der Waals surface area contributed by atoms with Crippen LogP contribution in [0.5, 0.6) is 5.75 Å². The summed E-state index contributed by atoms with van der Waals surface area (Å²) in [7, 11) is 1.69. The van der Waals surface area contributed by atoms with Gasteiger partial charge in [0.25, 0.3) is 0 Å². The second-order valence-electron chi connectivity index (χ2n) is 8.38. The van der Waals surface area contributed by atoms with E-state index in [4.69, 9.17) is 4.74 Å². The first kappa shape index (κ1) is 16.9. The van der Waals surface area contributed by atoms with Gasteiger partial charge in [0.1, 0.15) is 5.75 Å². The van der Waals surface area contributed by atoms with Crippen molar-refractivity contribution in [3.8, 4) is 5.75 Å². The Balaban J connectivity index is 1.33. The third-order valence-corrected chi connectivity index (χ3v) is 6.57. The Bertz CT molecular complexity index is 618. The number of hydrogen-bond donors (Lipinski definition) is 0. The van der Waals surface area contributed by atoms with Crippen molar-refractivity contribution in [2.75, 3.05) is 33.3 Å². The van der Waals surface area contributed by atoms with Crippen LogP contribution in [0, 0.1) is 11.3 Å². The zero-order valence-corrected chi connectivity index (χ0v) is 15.4. The smallest absolute Gasteiger partial charge is 0.223 e. The Morgan fingerprint density at radius 1 is 1.24 bits per heavy atom. The summed E-state index contributed by atoms with van der Waals surface area (Å²) in [6, 6.07) is 8.08. The lowest BCUT2D eigenvalue weighted by molar-refractivity contribution is -0.128. The summed E-state index contributed by atoms with van der Waals surface area (Å²) in [4.78, 5) is 17.3. The topological polar surface area (TPSA) is 32.8 Å². The van der Waals surface area contributed by atoms with Crippen LogP contribution >= 0.6 is 0 Å². The maximum Gasteiger partial charge on any atom is 0.223 e. The van der Waals surface area contributed by atoms with Crippen LogP contribution in [0.25, 0.3) is 0 Å². The molecular weight excluding hydrogens is 312 g/mol. The van der Waals surface area contributed by atoms with Crippen LogP contribution in [0.15, 0.2) is 24.3 Å². The molecule has 0 atom stereocenters. The molecule has 0 unspecified atom stereocenters. The molecule has 136 valence electrons. The highest BCUT2D eigenvalue weighted by atomic mass is 16.5. The largest absolute Gasteiger partial charge is 0.497 e. The molecule has 25 heavy (non-hydrogen) atoms. The van der Waals surface area contributed by atoms with E-state index in [2.05, 4.69) is 15.9 Å². The zero-order valence-electron chi connectivity index (χ0n) is 15.4. The molecule has 1 saturated carbocycles. The summed E-state index contributed by atoms with van der Waals surface area (Å²) in [6.45, 7) is 5.29. The number of methoxy groups -OCH3 is 1. The van der Waals surface area contributed by atoms with Crippen LogP contribution in [0.2, 0.25) is 0 Å². The minimum atomic E-state index is 0.228. The number of carbonyl (C=O) groups is 1. The number of piperidine rings is 1. The highest BCUT2D eigenvalue weighted by Crippen LogP contribution is 2.42. The van der Waals surface area contributed by atoms with Gasteiger partial charge in [-0.05, 0) is 67.8 Å². The van der Waals surface area contributed by atoms with E-state index in [-0.39, 0.29) is 5.41 Å². The molecule has 4 heteroatoms. The van der Waals surface area contributed by atoms with E-state index in [0.717, 1.165) is 30.2 Å². The summed E-state index contributed by atoms with van der Waals surface area (Å²) >= 11 is 0. The van der Waals surface area contributed by atoms with Crippen molar-refractivity contribution >= 4 is 5.91 Å². The van der Waals surface area contributed by atoms with Crippen LogP contribution in [0.4, 0.5) is 0 Å². The molecule has 2 aliphatic heterocycles. The lowest BCUT2D eigenvalue weighted by atomic mass is 9.77. The van der Waals surface area contributed by atoms with Gasteiger partial charge in [0.2, 0.25) is 5.91 Å². The second-order valence-corrected chi connectivity index (χ2v) is 8.38. The molecule has 2 saturated heterocycles. The summed E-state index contributed by atoms with van der Waals surface area (Å²) < 4.78 is 5.30. The fourth-order valence-corrected chi connectivity index (χ4v) is 4.70. The Morgan fingerprint density at radius 3 is 2.72 bits per heavy atom. The number of nitrogens with zero attached hydrogens (tertiary/aromatic N) is 2. The fourth-order valence-electron chi connectivity index (χ4n) is 4.70. The van der Waals surface area contributed by atoms with E-state index in [1.54, 1.807) is 7.11 Å². The van der Waals surface area contributed by atoms with Gasteiger partial charge in [-0.1, -0.05) is 18.6 Å². The first-order chi connectivity index (χ1) is 12.2. The average molecular weight is 342 g/mol. The van der Waals surface area contributed by atoms with Crippen molar-refractivity contribution in [1.82, 2.24) is 9.80 Å². The molecule has 0 radical (unpaired) electrons. The van der Waals surface area contributed by atoms with Crippen LogP contribution in [-0.2, 0) is 11.3 Å². The van der Waals surface area contributed by atoms with Gasteiger partial charge in [-0.15, -0.1) is 0 Å². The summed E-state index contributed by atoms with van der Waals surface area (Å²) in [6.07, 6.45) is 7.38. The van der Waals surface area contributed by atoms with Gasteiger partial charge in [-0.2, -0.15) is 0 Å². The van der Waals surface area contributed by atoms with E-state index in [0.29, 0.717) is 12.5 Å². The number of ether oxygens (including phenoxy) is 1. The molecule has 1 aromatic carbocycles. The van der Waals surface area contributed by atoms with Crippen molar-refractivity contribution in [3.05, 3.63) is 29.8 Å². The molecule has 0 N–H and O–H groups in total. The third-order valence-electron chi connectivity index (χ3n) is 6.57. The number of likely N-dealkylation sites (tertiary alicyclic amines) is 2. The molecule has 1 aliphatic carbocycles. The van der Waals surface area contributed by atoms with Crippen molar-refractivity contribution in [3.63, 3.8) is 0 Å². The molecule has 0 aromatic heterocycles. The highest BCUT2D eigenvalue weighted by Gasteiger charge is 2.44. The first-order valence-electron chi connectivity index (χ1n) is 9.79. The summed E-state index contributed by atoms with van der Waals surface area (Å²) in [5, 5.41) is 0. The van der Waals surface area contributed by atoms with Crippen LogP contribution < -0.4 is 4.74 Å². The highest BCUT2D eigenvalue weighted by molar-refractivity contribution is 5.79. The molecule has 1 amide bonds. The van der Waals surface area contributed by atoms with Crippen molar-refractivity contribution < 1.29 is 9.53 Å². The Morgan fingerprint density at radius 2 is 2.04 bits per heavy atom. The summed E-state index contributed by atoms with van der Waals surface area (Å²) in [5.74, 6) is 2.14. The van der Waals surface area contributed by atoms with E-state index in [1.807, 2.05) is 18.2 Å². The molecule has 4 nitrogen and oxygen atoms in total. The lowest BCUT2D eigenvalue weighted by Crippen LogP contribution is -2.44. The number of carbonyl (C=O) groups excluding carboxylic acids is 1. The van der Waals surface area contributed by atoms with Crippen LogP contribution in [-0.4, -0.2) is 49.0 Å². The number of hydrogen-bond acceptors (Lipinski definition) is 3. The van der Waals surface area contributed by atoms with Crippen LogP contribution in [0.1, 0.15) is 44.1 Å². The normalized spacial score (nSPS) is 23.9. The quantitative estimate of drug-likeness (QED) is 0.823. The van der Waals surface area contributed by atoms with Gasteiger partial charge in [0.05, 0.1) is 7.11 Å². The van der Waals surface area contributed by atoms with E-state index in [1.165, 1.54) is 51.7 Å². The van der Waals surface area contributed by atoms with Crippen molar-refractivity contribution in [1.29, 1.82) is 0 Å². The molecule has 0 bridgehead atoms. The lowest BCUT2D eigenvalue weighted by Gasteiger charge is -2.41. The molecular formula is C21H30N2O2. The Hall–Kier alpha value is -1.55. The maximum atomic E-state index is 12.6.